The molecule has 0 aromatic rings. The second-order valence-electron chi connectivity index (χ2n) is 11.2. The maximum atomic E-state index is 12.8. The lowest BCUT2D eigenvalue weighted by Crippen LogP contribution is -2.43. The summed E-state index contributed by atoms with van der Waals surface area (Å²) in [7, 11) is 0. The number of amides is 1. The largest absolute Gasteiger partial charge is 0.390 e. The fourth-order valence-corrected chi connectivity index (χ4v) is 5.56. The molecule has 4 heterocycles. The Hall–Kier alpha value is -2.03. The van der Waals surface area contributed by atoms with Crippen LogP contribution < -0.4 is 5.32 Å². The summed E-state index contributed by atoms with van der Waals surface area (Å²) >= 11 is 0. The predicted octanol–water partition coefficient (Wildman–Crippen LogP) is 3.68. The Balaban J connectivity index is 1.44. The molecule has 1 saturated heterocycles. The zero-order valence-electron chi connectivity index (χ0n) is 22.1. The number of hydrogen-bond donors (Lipinski definition) is 3. The Morgan fingerprint density at radius 2 is 2.00 bits per heavy atom. The lowest BCUT2D eigenvalue weighted by atomic mass is 9.90. The van der Waals surface area contributed by atoms with Crippen molar-refractivity contribution in [3.8, 4) is 0 Å². The van der Waals surface area contributed by atoms with Gasteiger partial charge >= 0.3 is 0 Å². The SMILES string of the molecule is C=C1CC(C)CC2CC=CC(C/C=C\C(=O)NC(C(O)C=CC3CC(C)=CCO3)CC3OC3C(O)C1)O2. The van der Waals surface area contributed by atoms with Crippen molar-refractivity contribution in [3.63, 3.8) is 0 Å². The van der Waals surface area contributed by atoms with E-state index in [1.807, 2.05) is 12.2 Å². The number of nitrogens with one attached hydrogen (secondary N) is 1. The maximum absolute atomic E-state index is 12.8. The summed E-state index contributed by atoms with van der Waals surface area (Å²) < 4.78 is 17.8. The van der Waals surface area contributed by atoms with Crippen molar-refractivity contribution in [1.29, 1.82) is 0 Å². The molecule has 0 aromatic carbocycles. The topological polar surface area (TPSA) is 101 Å². The van der Waals surface area contributed by atoms with Crippen LogP contribution in [0, 0.1) is 5.92 Å². The zero-order chi connectivity index (χ0) is 26.4. The Kier molecular flexibility index (Phi) is 9.96. The van der Waals surface area contributed by atoms with Crippen LogP contribution in [-0.2, 0) is 19.0 Å². The molecule has 4 rings (SSSR count). The third-order valence-corrected chi connectivity index (χ3v) is 7.57. The van der Waals surface area contributed by atoms with E-state index in [2.05, 4.69) is 44.0 Å². The first-order chi connectivity index (χ1) is 17.8. The number of hydrogen-bond acceptors (Lipinski definition) is 6. The third kappa shape index (κ3) is 8.76. The second-order valence-corrected chi connectivity index (χ2v) is 11.2. The quantitative estimate of drug-likeness (QED) is 0.393. The molecule has 2 bridgehead atoms. The molecule has 0 aliphatic carbocycles. The highest BCUT2D eigenvalue weighted by Gasteiger charge is 2.46. The van der Waals surface area contributed by atoms with Gasteiger partial charge in [-0.25, -0.2) is 0 Å². The van der Waals surface area contributed by atoms with Crippen LogP contribution in [0.4, 0.5) is 0 Å². The van der Waals surface area contributed by atoms with Crippen LogP contribution in [0.3, 0.4) is 0 Å². The van der Waals surface area contributed by atoms with E-state index in [1.54, 1.807) is 6.08 Å². The minimum atomic E-state index is -0.916. The number of carbonyl (C=O) groups excluding carboxylic acids is 1. The van der Waals surface area contributed by atoms with Crippen molar-refractivity contribution in [2.75, 3.05) is 6.61 Å². The Morgan fingerprint density at radius 1 is 1.16 bits per heavy atom. The van der Waals surface area contributed by atoms with E-state index in [0.29, 0.717) is 31.8 Å². The molecule has 9 unspecified atom stereocenters. The van der Waals surface area contributed by atoms with Crippen LogP contribution in [0.2, 0.25) is 0 Å². The normalized spacial score (nSPS) is 39.6. The molecule has 7 heteroatoms. The van der Waals surface area contributed by atoms with Gasteiger partial charge < -0.3 is 29.7 Å². The molecule has 1 amide bonds. The van der Waals surface area contributed by atoms with Gasteiger partial charge in [-0.1, -0.05) is 61.1 Å². The molecule has 37 heavy (non-hydrogen) atoms. The van der Waals surface area contributed by atoms with Crippen LogP contribution in [-0.4, -0.2) is 71.5 Å². The van der Waals surface area contributed by atoms with Gasteiger partial charge in [0.05, 0.1) is 49.3 Å². The fourth-order valence-electron chi connectivity index (χ4n) is 5.56. The molecule has 1 fully saturated rings. The molecule has 0 saturated carbocycles. The third-order valence-electron chi connectivity index (χ3n) is 7.57. The van der Waals surface area contributed by atoms with Gasteiger partial charge in [0.1, 0.15) is 6.10 Å². The maximum Gasteiger partial charge on any atom is 0.243 e. The highest BCUT2D eigenvalue weighted by atomic mass is 16.6. The molecular formula is C30H43NO6. The Labute approximate surface area is 220 Å². The molecule has 7 nitrogen and oxygen atoms in total. The van der Waals surface area contributed by atoms with E-state index in [4.69, 9.17) is 14.2 Å². The molecule has 0 aromatic heterocycles. The number of aliphatic hydroxyl groups is 2. The number of rotatable bonds is 3. The lowest BCUT2D eigenvalue weighted by Gasteiger charge is -2.28. The van der Waals surface area contributed by atoms with Gasteiger partial charge in [0.2, 0.25) is 5.91 Å². The summed E-state index contributed by atoms with van der Waals surface area (Å²) in [5, 5.41) is 24.7. The monoisotopic (exact) mass is 513 g/mol. The van der Waals surface area contributed by atoms with Crippen LogP contribution in [0.1, 0.15) is 58.8 Å². The van der Waals surface area contributed by atoms with Crippen molar-refractivity contribution < 1.29 is 29.2 Å². The first-order valence-electron chi connectivity index (χ1n) is 13.7. The summed E-state index contributed by atoms with van der Waals surface area (Å²) in [4.78, 5) is 12.8. The molecule has 3 N–H and O–H groups in total. The number of fused-ring (bicyclic) bond motifs is 3. The number of epoxide rings is 1. The first kappa shape index (κ1) is 28.0. The molecule has 4 aliphatic heterocycles. The van der Waals surface area contributed by atoms with Crippen molar-refractivity contribution >= 4 is 5.91 Å². The highest BCUT2D eigenvalue weighted by Crippen LogP contribution is 2.34. The second kappa shape index (κ2) is 13.2. The van der Waals surface area contributed by atoms with E-state index in [-0.39, 0.29) is 36.4 Å². The summed E-state index contributed by atoms with van der Waals surface area (Å²) in [6.07, 6.45) is 15.9. The smallest absolute Gasteiger partial charge is 0.243 e. The van der Waals surface area contributed by atoms with Crippen LogP contribution >= 0.6 is 0 Å². The van der Waals surface area contributed by atoms with Crippen LogP contribution in [0.25, 0.3) is 0 Å². The highest BCUT2D eigenvalue weighted by molar-refractivity contribution is 5.87. The summed E-state index contributed by atoms with van der Waals surface area (Å²) in [6, 6.07) is -0.562. The lowest BCUT2D eigenvalue weighted by molar-refractivity contribution is -0.117. The van der Waals surface area contributed by atoms with Gasteiger partial charge in [-0.2, -0.15) is 0 Å². The average molecular weight is 514 g/mol. The van der Waals surface area contributed by atoms with Gasteiger partial charge in [0, 0.05) is 0 Å². The van der Waals surface area contributed by atoms with Crippen LogP contribution in [0.15, 0.2) is 60.3 Å². The molecule has 9 atom stereocenters. The average Bonchev–Trinajstić information content (AvgIpc) is 3.61. The summed E-state index contributed by atoms with van der Waals surface area (Å²) in [6.45, 7) is 9.03. The predicted molar refractivity (Wildman–Crippen MR) is 143 cm³/mol. The first-order valence-corrected chi connectivity index (χ1v) is 13.7. The summed E-state index contributed by atoms with van der Waals surface area (Å²) in [5.41, 5.74) is 2.26. The van der Waals surface area contributed by atoms with Gasteiger partial charge in [0.15, 0.2) is 0 Å². The van der Waals surface area contributed by atoms with Crippen molar-refractivity contribution in [2.45, 2.75) is 108 Å². The van der Waals surface area contributed by atoms with Crippen molar-refractivity contribution in [3.05, 3.63) is 60.3 Å². The van der Waals surface area contributed by atoms with E-state index in [9.17, 15) is 15.0 Å². The molecule has 0 spiro atoms. The van der Waals surface area contributed by atoms with E-state index < -0.39 is 18.2 Å². The van der Waals surface area contributed by atoms with E-state index in [1.165, 1.54) is 11.6 Å². The molecule has 204 valence electrons. The Bertz CT molecular complexity index is 923. The van der Waals surface area contributed by atoms with Gasteiger partial charge in [-0.05, 0) is 63.9 Å². The molecular weight excluding hydrogens is 470 g/mol. The number of ether oxygens (including phenoxy) is 3. The molecule has 0 radical (unpaired) electrons. The summed E-state index contributed by atoms with van der Waals surface area (Å²) in [5.74, 6) is 0.119. The van der Waals surface area contributed by atoms with Gasteiger partial charge in [0.25, 0.3) is 0 Å². The molecule has 4 aliphatic rings. The van der Waals surface area contributed by atoms with Gasteiger partial charge in [-0.15, -0.1) is 0 Å². The van der Waals surface area contributed by atoms with E-state index >= 15 is 0 Å². The van der Waals surface area contributed by atoms with Crippen molar-refractivity contribution in [1.82, 2.24) is 5.32 Å². The van der Waals surface area contributed by atoms with Crippen molar-refractivity contribution in [2.24, 2.45) is 5.92 Å². The van der Waals surface area contributed by atoms with E-state index in [0.717, 1.165) is 31.3 Å². The van der Waals surface area contributed by atoms with Gasteiger partial charge in [-0.3, -0.25) is 4.79 Å². The Morgan fingerprint density at radius 3 is 2.81 bits per heavy atom. The standard InChI is InChI=1S/C30H43NO6/c1-19-12-13-35-23(15-19)10-11-26(32)25-18-28-30(37-28)27(33)17-21(3)14-20(2)16-24-8-4-6-22(36-24)7-5-9-29(34)31-25/h4-6,9-12,20,22-28,30,32-33H,3,7-8,13-18H2,1-2H3,(H,31,34)/b9-5-,11-10?. The minimum absolute atomic E-state index is 0.0585. The zero-order valence-corrected chi connectivity index (χ0v) is 22.1. The fraction of sp³-hybridized carbons (Fsp3) is 0.633. The minimum Gasteiger partial charge on any atom is -0.390 e. The number of carbonyl (C=O) groups is 1. The van der Waals surface area contributed by atoms with Crippen LogP contribution in [0.5, 0.6) is 0 Å². The number of aliphatic hydroxyl groups excluding tert-OH is 2.